The summed E-state index contributed by atoms with van der Waals surface area (Å²) in [5.41, 5.74) is 1.84. The quantitative estimate of drug-likeness (QED) is 0.630. The number of carbonyl (C=O) groups excluding carboxylic acids is 1. The van der Waals surface area contributed by atoms with Gasteiger partial charge in [-0.25, -0.2) is 13.4 Å². The average molecular weight is 452 g/mol. The Labute approximate surface area is 177 Å². The van der Waals surface area contributed by atoms with Crippen LogP contribution in [0.1, 0.15) is 35.3 Å². The lowest BCUT2D eigenvalue weighted by Crippen LogP contribution is -2.38. The first-order valence-electron chi connectivity index (χ1n) is 9.23. The molecule has 0 spiro atoms. The maximum atomic E-state index is 13.0. The monoisotopic (exact) mass is 451 g/mol. The van der Waals surface area contributed by atoms with Crippen molar-refractivity contribution in [1.29, 1.82) is 0 Å². The molecule has 3 heterocycles. The number of hydrogen-bond donors (Lipinski definition) is 1. The number of thioether (sulfide) groups is 1. The zero-order chi connectivity index (χ0) is 20.6. The number of amides is 1. The molecule has 1 saturated heterocycles. The lowest BCUT2D eigenvalue weighted by atomic mass is 10.2. The van der Waals surface area contributed by atoms with Gasteiger partial charge < -0.3 is 9.73 Å². The maximum absolute atomic E-state index is 13.0. The van der Waals surface area contributed by atoms with E-state index in [1.807, 2.05) is 13.8 Å². The highest BCUT2D eigenvalue weighted by Gasteiger charge is 2.31. The zero-order valence-electron chi connectivity index (χ0n) is 16.0. The van der Waals surface area contributed by atoms with Crippen LogP contribution in [0, 0.1) is 0 Å². The molecule has 154 valence electrons. The van der Waals surface area contributed by atoms with Gasteiger partial charge in [-0.15, -0.1) is 11.3 Å². The minimum Gasteiger partial charge on any atom is -0.440 e. The van der Waals surface area contributed by atoms with Gasteiger partial charge >= 0.3 is 0 Å². The molecular formula is C19H21N3O4S3. The first-order valence-corrected chi connectivity index (χ1v) is 12.7. The molecule has 1 N–H and O–H groups in total. The lowest BCUT2D eigenvalue weighted by molar-refractivity contribution is 0.102. The van der Waals surface area contributed by atoms with Crippen molar-refractivity contribution in [3.05, 3.63) is 40.4 Å². The third-order valence-corrected chi connectivity index (χ3v) is 8.50. The molecule has 10 heteroatoms. The van der Waals surface area contributed by atoms with Gasteiger partial charge in [0.25, 0.3) is 5.91 Å². The van der Waals surface area contributed by atoms with Gasteiger partial charge in [-0.2, -0.15) is 16.1 Å². The van der Waals surface area contributed by atoms with Crippen molar-refractivity contribution in [2.24, 2.45) is 0 Å². The molecule has 3 aromatic rings. The summed E-state index contributed by atoms with van der Waals surface area (Å²) in [7, 11) is -3.69. The van der Waals surface area contributed by atoms with Crippen LogP contribution in [0.3, 0.4) is 0 Å². The Kier molecular flexibility index (Phi) is 5.69. The van der Waals surface area contributed by atoms with E-state index in [-0.39, 0.29) is 15.7 Å². The minimum atomic E-state index is -3.69. The Hall–Kier alpha value is -1.88. The molecule has 29 heavy (non-hydrogen) atoms. The van der Waals surface area contributed by atoms with E-state index >= 15 is 0 Å². The minimum absolute atomic E-state index is 0.0662. The number of rotatable bonds is 5. The van der Waals surface area contributed by atoms with Crippen LogP contribution in [-0.2, 0) is 10.0 Å². The van der Waals surface area contributed by atoms with Crippen LogP contribution in [0.5, 0.6) is 0 Å². The van der Waals surface area contributed by atoms with E-state index in [1.165, 1.54) is 10.4 Å². The fourth-order valence-electron chi connectivity index (χ4n) is 3.05. The highest BCUT2D eigenvalue weighted by atomic mass is 32.2. The number of sulfonamides is 1. The predicted octanol–water partition coefficient (Wildman–Crippen LogP) is 4.00. The van der Waals surface area contributed by atoms with Crippen molar-refractivity contribution in [3.63, 3.8) is 0 Å². The largest absolute Gasteiger partial charge is 0.440 e. The van der Waals surface area contributed by atoms with Crippen LogP contribution in [0.2, 0.25) is 0 Å². The number of benzene rings is 1. The van der Waals surface area contributed by atoms with Gasteiger partial charge in [0.2, 0.25) is 10.0 Å². The molecule has 1 fully saturated rings. The third kappa shape index (κ3) is 4.07. The van der Waals surface area contributed by atoms with Crippen LogP contribution >= 0.6 is 23.1 Å². The van der Waals surface area contributed by atoms with Gasteiger partial charge in [0.15, 0.2) is 11.5 Å². The van der Waals surface area contributed by atoms with Gasteiger partial charge in [-0.1, -0.05) is 13.8 Å². The van der Waals surface area contributed by atoms with E-state index in [4.69, 9.17) is 4.42 Å². The number of aromatic nitrogens is 1. The Balaban J connectivity index is 1.58. The smallest absolute Gasteiger partial charge is 0.267 e. The molecule has 2 aromatic heterocycles. The number of fused-ring (bicyclic) bond motifs is 1. The second kappa shape index (κ2) is 8.10. The molecule has 0 bridgehead atoms. The summed E-state index contributed by atoms with van der Waals surface area (Å²) < 4.78 is 33.1. The molecule has 1 aliphatic rings. The van der Waals surface area contributed by atoms with E-state index in [9.17, 15) is 13.2 Å². The zero-order valence-corrected chi connectivity index (χ0v) is 18.5. The van der Waals surface area contributed by atoms with Crippen LogP contribution < -0.4 is 5.32 Å². The second-order valence-electron chi connectivity index (χ2n) is 6.97. The maximum Gasteiger partial charge on any atom is 0.267 e. The Morgan fingerprint density at radius 3 is 2.72 bits per heavy atom. The van der Waals surface area contributed by atoms with Gasteiger partial charge in [-0.3, -0.25) is 4.79 Å². The van der Waals surface area contributed by atoms with E-state index in [1.54, 1.807) is 35.3 Å². The summed E-state index contributed by atoms with van der Waals surface area (Å²) in [6, 6.07) is 6.71. The molecule has 1 amide bonds. The van der Waals surface area contributed by atoms with Crippen molar-refractivity contribution < 1.29 is 17.6 Å². The molecule has 0 atom stereocenters. The van der Waals surface area contributed by atoms with Crippen molar-refractivity contribution in [3.8, 4) is 0 Å². The summed E-state index contributed by atoms with van der Waals surface area (Å²) in [6.45, 7) is 4.91. The molecule has 0 radical (unpaired) electrons. The summed E-state index contributed by atoms with van der Waals surface area (Å²) >= 11 is 2.85. The number of anilines is 1. The molecule has 4 rings (SSSR count). The number of oxazole rings is 1. The Bertz CT molecular complexity index is 1140. The molecule has 0 unspecified atom stereocenters. The lowest BCUT2D eigenvalue weighted by Gasteiger charge is -2.25. The summed E-state index contributed by atoms with van der Waals surface area (Å²) in [5.74, 6) is 1.88. The first-order chi connectivity index (χ1) is 13.9. The first kappa shape index (κ1) is 20.4. The van der Waals surface area contributed by atoms with Crippen LogP contribution in [0.15, 0.2) is 39.0 Å². The fraction of sp³-hybridized carbons (Fsp3) is 0.368. The molecular weight excluding hydrogens is 430 g/mol. The molecule has 7 nitrogen and oxygen atoms in total. The van der Waals surface area contributed by atoms with Crippen molar-refractivity contribution >= 4 is 55.8 Å². The predicted molar refractivity (Wildman–Crippen MR) is 116 cm³/mol. The van der Waals surface area contributed by atoms with Gasteiger partial charge in [-0.05, 0) is 29.6 Å². The van der Waals surface area contributed by atoms with Crippen LogP contribution in [0.25, 0.3) is 11.1 Å². The molecule has 1 aromatic carbocycles. The molecule has 0 saturated carbocycles. The number of carbonyl (C=O) groups is 1. The number of hydrogen-bond acceptors (Lipinski definition) is 7. The van der Waals surface area contributed by atoms with Crippen molar-refractivity contribution in [2.45, 2.75) is 24.7 Å². The van der Waals surface area contributed by atoms with Gasteiger partial charge in [0.05, 0.1) is 0 Å². The number of nitrogens with zero attached hydrogens (tertiary/aromatic N) is 2. The number of thiophene rings is 1. The van der Waals surface area contributed by atoms with Crippen LogP contribution in [0.4, 0.5) is 5.69 Å². The topological polar surface area (TPSA) is 92.5 Å². The van der Waals surface area contributed by atoms with Crippen molar-refractivity contribution in [1.82, 2.24) is 9.29 Å². The fourth-order valence-corrected chi connectivity index (χ4v) is 6.92. The van der Waals surface area contributed by atoms with E-state index in [0.717, 1.165) is 22.8 Å². The average Bonchev–Trinajstić information content (AvgIpc) is 3.36. The normalized spacial score (nSPS) is 15.8. The van der Waals surface area contributed by atoms with E-state index in [0.29, 0.717) is 35.8 Å². The SMILES string of the molecule is CC(C)c1nc2cc(NC(=O)c3sccc3S(=O)(=O)N3CCSCC3)ccc2o1. The molecule has 1 aliphatic heterocycles. The standard InChI is InChI=1S/C19H21N3O4S3/c1-12(2)19-21-14-11-13(3-4-15(14)26-19)20-18(23)17-16(5-8-28-17)29(24,25)22-6-9-27-10-7-22/h3-5,8,11-12H,6-7,9-10H2,1-2H3,(H,20,23). The van der Waals surface area contributed by atoms with Crippen LogP contribution in [-0.4, -0.2) is 48.2 Å². The summed E-state index contributed by atoms with van der Waals surface area (Å²) in [5, 5.41) is 4.43. The Morgan fingerprint density at radius 2 is 2.00 bits per heavy atom. The van der Waals surface area contributed by atoms with E-state index < -0.39 is 15.9 Å². The summed E-state index contributed by atoms with van der Waals surface area (Å²) in [6.07, 6.45) is 0. The second-order valence-corrected chi connectivity index (χ2v) is 11.0. The summed E-state index contributed by atoms with van der Waals surface area (Å²) in [4.78, 5) is 17.5. The highest BCUT2D eigenvalue weighted by Crippen LogP contribution is 2.29. The number of nitrogens with one attached hydrogen (secondary N) is 1. The van der Waals surface area contributed by atoms with Gasteiger partial charge in [0, 0.05) is 36.2 Å². The Morgan fingerprint density at radius 1 is 1.24 bits per heavy atom. The molecule has 0 aliphatic carbocycles. The van der Waals surface area contributed by atoms with E-state index in [2.05, 4.69) is 10.3 Å². The highest BCUT2D eigenvalue weighted by molar-refractivity contribution is 7.99. The van der Waals surface area contributed by atoms with Gasteiger partial charge in [0.1, 0.15) is 15.3 Å². The van der Waals surface area contributed by atoms with Crippen molar-refractivity contribution in [2.75, 3.05) is 29.9 Å². The third-order valence-electron chi connectivity index (χ3n) is 4.58.